The minimum Gasteiger partial charge on any atom is -0.453 e. The van der Waals surface area contributed by atoms with Gasteiger partial charge in [0, 0.05) is 31.9 Å². The molecule has 2 N–H and O–H groups in total. The van der Waals surface area contributed by atoms with Crippen molar-refractivity contribution in [3.63, 3.8) is 0 Å². The summed E-state index contributed by atoms with van der Waals surface area (Å²) in [4.78, 5) is 38.8. The molecule has 0 radical (unpaired) electrons. The third-order valence-electron chi connectivity index (χ3n) is 6.24. The molecular formula is C29H30N2O7. The van der Waals surface area contributed by atoms with Crippen molar-refractivity contribution in [1.82, 2.24) is 10.6 Å². The molecule has 2 amide bonds. The summed E-state index contributed by atoms with van der Waals surface area (Å²) in [5.41, 5.74) is 1.25. The molecule has 9 heteroatoms. The van der Waals surface area contributed by atoms with Gasteiger partial charge in [0.2, 0.25) is 0 Å². The van der Waals surface area contributed by atoms with Gasteiger partial charge in [0.1, 0.15) is 18.2 Å². The van der Waals surface area contributed by atoms with Crippen LogP contribution in [0.25, 0.3) is 0 Å². The van der Waals surface area contributed by atoms with Crippen LogP contribution >= 0.6 is 0 Å². The fourth-order valence-corrected chi connectivity index (χ4v) is 4.32. The molecule has 0 saturated carbocycles. The molecule has 1 heterocycles. The number of rotatable bonds is 9. The number of benzene rings is 3. The van der Waals surface area contributed by atoms with E-state index in [0.717, 1.165) is 0 Å². The molecule has 38 heavy (non-hydrogen) atoms. The van der Waals surface area contributed by atoms with E-state index < -0.39 is 36.6 Å². The Morgan fingerprint density at radius 3 is 1.76 bits per heavy atom. The van der Waals surface area contributed by atoms with Crippen molar-refractivity contribution in [2.45, 2.75) is 30.6 Å². The number of methoxy groups -OCH3 is 2. The molecule has 9 nitrogen and oxygen atoms in total. The lowest BCUT2D eigenvalue weighted by Crippen LogP contribution is -2.66. The molecule has 0 unspecified atom stereocenters. The summed E-state index contributed by atoms with van der Waals surface area (Å²) in [7, 11) is 2.89. The van der Waals surface area contributed by atoms with Crippen LogP contribution in [0.4, 0.5) is 0 Å². The van der Waals surface area contributed by atoms with Gasteiger partial charge in [-0.25, -0.2) is 4.79 Å². The first kappa shape index (κ1) is 27.0. The van der Waals surface area contributed by atoms with E-state index in [1.807, 2.05) is 12.1 Å². The van der Waals surface area contributed by atoms with Crippen LogP contribution in [0.2, 0.25) is 0 Å². The maximum atomic E-state index is 13.0. The number of carbonyl (C=O) groups excluding carboxylic acids is 3. The summed E-state index contributed by atoms with van der Waals surface area (Å²) in [5, 5.41) is 5.73. The molecular weight excluding hydrogens is 488 g/mol. The van der Waals surface area contributed by atoms with Crippen LogP contribution < -0.4 is 10.6 Å². The SMILES string of the molecule is CO[C@@H]1O[C@H](CNC(=O)c2ccccc2)[C@H](OC(=O)c2ccccc2)[C@@H](OC)[C@H]1NC(=O)c1ccccc1. The van der Waals surface area contributed by atoms with E-state index in [1.54, 1.807) is 78.9 Å². The molecule has 1 saturated heterocycles. The highest BCUT2D eigenvalue weighted by Gasteiger charge is 2.49. The highest BCUT2D eigenvalue weighted by atomic mass is 16.7. The second-order valence-electron chi connectivity index (χ2n) is 8.66. The molecule has 1 fully saturated rings. The van der Waals surface area contributed by atoms with E-state index in [0.29, 0.717) is 16.7 Å². The summed E-state index contributed by atoms with van der Waals surface area (Å²) in [6.07, 6.45) is -3.63. The van der Waals surface area contributed by atoms with Gasteiger partial charge in [0.25, 0.3) is 11.8 Å². The maximum Gasteiger partial charge on any atom is 0.338 e. The van der Waals surface area contributed by atoms with Crippen molar-refractivity contribution in [1.29, 1.82) is 0 Å². The lowest BCUT2D eigenvalue weighted by atomic mass is 9.95. The zero-order valence-corrected chi connectivity index (χ0v) is 21.1. The van der Waals surface area contributed by atoms with Crippen molar-refractivity contribution in [2.75, 3.05) is 20.8 Å². The Kier molecular flexibility index (Phi) is 9.21. The molecule has 4 rings (SSSR count). The van der Waals surface area contributed by atoms with E-state index in [-0.39, 0.29) is 18.4 Å². The molecule has 3 aromatic rings. The van der Waals surface area contributed by atoms with Crippen LogP contribution in [0, 0.1) is 0 Å². The Balaban J connectivity index is 1.58. The zero-order valence-electron chi connectivity index (χ0n) is 21.1. The zero-order chi connectivity index (χ0) is 26.9. The molecule has 1 aliphatic rings. The number of amides is 2. The van der Waals surface area contributed by atoms with Crippen molar-refractivity contribution < 1.29 is 33.3 Å². The lowest BCUT2D eigenvalue weighted by Gasteiger charge is -2.45. The quantitative estimate of drug-likeness (QED) is 0.419. The molecule has 0 spiro atoms. The standard InChI is InChI=1S/C29H30N2O7/c1-35-25-23(31-27(33)20-14-8-4-9-15-20)29(36-2)37-22(18-30-26(32)19-12-6-3-7-13-19)24(25)38-28(34)21-16-10-5-11-17-21/h3-17,22-25,29H,18H2,1-2H3,(H,30,32)(H,31,33)/t22-,23-,24+,25+,29-/m1/s1. The molecule has 0 aliphatic carbocycles. The summed E-state index contributed by atoms with van der Waals surface area (Å²) >= 11 is 0. The van der Waals surface area contributed by atoms with Gasteiger partial charge in [0.15, 0.2) is 12.4 Å². The third-order valence-corrected chi connectivity index (χ3v) is 6.24. The monoisotopic (exact) mass is 518 g/mol. The fraction of sp³-hybridized carbons (Fsp3) is 0.276. The van der Waals surface area contributed by atoms with Crippen molar-refractivity contribution in [3.8, 4) is 0 Å². The van der Waals surface area contributed by atoms with Crippen LogP contribution in [0.5, 0.6) is 0 Å². The Morgan fingerprint density at radius 1 is 0.711 bits per heavy atom. The third kappa shape index (κ3) is 6.44. The average molecular weight is 519 g/mol. The lowest BCUT2D eigenvalue weighted by molar-refractivity contribution is -0.257. The highest BCUT2D eigenvalue weighted by Crippen LogP contribution is 2.27. The van der Waals surface area contributed by atoms with E-state index >= 15 is 0 Å². The van der Waals surface area contributed by atoms with E-state index in [1.165, 1.54) is 14.2 Å². The first-order valence-electron chi connectivity index (χ1n) is 12.2. The molecule has 0 bridgehead atoms. The topological polar surface area (TPSA) is 112 Å². The first-order chi connectivity index (χ1) is 18.5. The van der Waals surface area contributed by atoms with E-state index in [2.05, 4.69) is 10.6 Å². The minimum absolute atomic E-state index is 0.000461. The predicted molar refractivity (Wildman–Crippen MR) is 139 cm³/mol. The molecule has 5 atom stereocenters. The number of carbonyl (C=O) groups is 3. The number of esters is 1. The van der Waals surface area contributed by atoms with Gasteiger partial charge in [-0.15, -0.1) is 0 Å². The second kappa shape index (κ2) is 13.0. The smallest absolute Gasteiger partial charge is 0.338 e. The molecule has 1 aliphatic heterocycles. The van der Waals surface area contributed by atoms with Gasteiger partial charge in [0.05, 0.1) is 5.56 Å². The fourth-order valence-electron chi connectivity index (χ4n) is 4.32. The average Bonchev–Trinajstić information content (AvgIpc) is 2.97. The summed E-state index contributed by atoms with van der Waals surface area (Å²) < 4.78 is 23.4. The van der Waals surface area contributed by atoms with Crippen LogP contribution in [0.15, 0.2) is 91.0 Å². The van der Waals surface area contributed by atoms with Gasteiger partial charge in [-0.1, -0.05) is 54.6 Å². The maximum absolute atomic E-state index is 13.0. The van der Waals surface area contributed by atoms with Crippen LogP contribution in [-0.4, -0.2) is 69.2 Å². The predicted octanol–water partition coefficient (Wildman–Crippen LogP) is 2.83. The summed E-state index contributed by atoms with van der Waals surface area (Å²) in [6, 6.07) is 25.1. The Morgan fingerprint density at radius 2 is 1.24 bits per heavy atom. The van der Waals surface area contributed by atoms with Gasteiger partial charge >= 0.3 is 5.97 Å². The van der Waals surface area contributed by atoms with Crippen LogP contribution in [-0.2, 0) is 18.9 Å². The summed E-state index contributed by atoms with van der Waals surface area (Å²) in [6.45, 7) is -0.000461. The number of hydrogen-bond acceptors (Lipinski definition) is 7. The van der Waals surface area contributed by atoms with Crippen molar-refractivity contribution >= 4 is 17.8 Å². The van der Waals surface area contributed by atoms with Crippen LogP contribution in [0.3, 0.4) is 0 Å². The second-order valence-corrected chi connectivity index (χ2v) is 8.66. The van der Waals surface area contributed by atoms with Crippen molar-refractivity contribution in [3.05, 3.63) is 108 Å². The number of nitrogens with one attached hydrogen (secondary N) is 2. The number of hydrogen-bond donors (Lipinski definition) is 2. The van der Waals surface area contributed by atoms with E-state index in [9.17, 15) is 14.4 Å². The van der Waals surface area contributed by atoms with Gasteiger partial charge in [-0.05, 0) is 36.4 Å². The highest BCUT2D eigenvalue weighted by molar-refractivity contribution is 5.95. The van der Waals surface area contributed by atoms with Gasteiger partial charge in [-0.2, -0.15) is 0 Å². The van der Waals surface area contributed by atoms with Gasteiger partial charge < -0.3 is 29.6 Å². The summed E-state index contributed by atoms with van der Waals surface area (Å²) in [5.74, 6) is -1.28. The Bertz CT molecular complexity index is 1210. The largest absolute Gasteiger partial charge is 0.453 e. The Labute approximate surface area is 221 Å². The van der Waals surface area contributed by atoms with Crippen molar-refractivity contribution in [2.24, 2.45) is 0 Å². The molecule has 198 valence electrons. The molecule has 3 aromatic carbocycles. The molecule has 0 aromatic heterocycles. The number of ether oxygens (including phenoxy) is 4. The normalized spacial score (nSPS) is 22.7. The first-order valence-corrected chi connectivity index (χ1v) is 12.2. The van der Waals surface area contributed by atoms with Gasteiger partial charge in [-0.3, -0.25) is 9.59 Å². The Hall–Kier alpha value is -4.05. The van der Waals surface area contributed by atoms with E-state index in [4.69, 9.17) is 18.9 Å². The van der Waals surface area contributed by atoms with Crippen LogP contribution in [0.1, 0.15) is 31.1 Å². The minimum atomic E-state index is -0.990.